The van der Waals surface area contributed by atoms with Crippen LogP contribution in [0.15, 0.2) is 30.3 Å². The molecule has 0 amide bonds. The molecule has 1 saturated carbocycles. The van der Waals surface area contributed by atoms with Crippen molar-refractivity contribution in [2.24, 2.45) is 18.9 Å². The third-order valence-electron chi connectivity index (χ3n) is 8.28. The van der Waals surface area contributed by atoms with E-state index in [0.717, 1.165) is 43.9 Å². The van der Waals surface area contributed by atoms with Gasteiger partial charge in [0.15, 0.2) is 0 Å². The van der Waals surface area contributed by atoms with Crippen molar-refractivity contribution in [2.45, 2.75) is 71.9 Å². The summed E-state index contributed by atoms with van der Waals surface area (Å²) in [5.74, 6) is 0.656. The summed E-state index contributed by atoms with van der Waals surface area (Å²) in [7, 11) is 1.53. The number of carbonyl (C=O) groups is 1. The molecule has 0 N–H and O–H groups in total. The van der Waals surface area contributed by atoms with E-state index in [1.54, 1.807) is 24.0 Å². The Kier molecular flexibility index (Phi) is 10.6. The van der Waals surface area contributed by atoms with E-state index in [-0.39, 0.29) is 30.5 Å². The van der Waals surface area contributed by atoms with Gasteiger partial charge in [0.1, 0.15) is 0 Å². The molecule has 0 unspecified atom stereocenters. The Morgan fingerprint density at radius 3 is 2.20 bits per heavy atom. The van der Waals surface area contributed by atoms with Crippen LogP contribution in [0.4, 0.5) is 38.0 Å². The lowest BCUT2D eigenvalue weighted by molar-refractivity contribution is -0.138. The van der Waals surface area contributed by atoms with Gasteiger partial charge >= 0.3 is 12.4 Å². The molecule has 1 aliphatic carbocycles. The van der Waals surface area contributed by atoms with Crippen LogP contribution in [0.5, 0.6) is 0 Å². The number of anilines is 2. The molecule has 4 rings (SSSR count). The van der Waals surface area contributed by atoms with Crippen LogP contribution in [0.2, 0.25) is 0 Å². The number of nitrogens with zero attached hydrogens (tertiary/aromatic N) is 6. The monoisotopic (exact) mass is 640 g/mol. The molecule has 0 bridgehead atoms. The van der Waals surface area contributed by atoms with Gasteiger partial charge in [-0.3, -0.25) is 4.79 Å². The average Bonchev–Trinajstić information content (AvgIpc) is 3.40. The SMILES string of the molecule is CCN(CC1CCC(COC=O)CC1)c1cc(C)c(C(F)(F)F)cc1CN(Cc1cc(C)cc(C(F)(F)F)c1)c1nnn(C)n1. The topological polar surface area (TPSA) is 76.4 Å². The van der Waals surface area contributed by atoms with Crippen molar-refractivity contribution in [1.82, 2.24) is 20.2 Å². The fourth-order valence-electron chi connectivity index (χ4n) is 6.07. The number of benzene rings is 2. The van der Waals surface area contributed by atoms with Gasteiger partial charge in [-0.15, -0.1) is 5.10 Å². The van der Waals surface area contributed by atoms with Crippen LogP contribution in [0.1, 0.15) is 66.0 Å². The summed E-state index contributed by atoms with van der Waals surface area (Å²) in [6, 6.07) is 6.35. The summed E-state index contributed by atoms with van der Waals surface area (Å²) in [6.07, 6.45) is -5.62. The van der Waals surface area contributed by atoms with E-state index in [1.165, 1.54) is 18.8 Å². The molecular weight excluding hydrogens is 602 g/mol. The zero-order valence-electron chi connectivity index (χ0n) is 25.8. The predicted molar refractivity (Wildman–Crippen MR) is 156 cm³/mol. The van der Waals surface area contributed by atoms with Crippen LogP contribution in [0.25, 0.3) is 0 Å². The van der Waals surface area contributed by atoms with Crippen LogP contribution in [-0.4, -0.2) is 46.4 Å². The Bertz CT molecular complexity index is 1450. The molecule has 0 saturated heterocycles. The van der Waals surface area contributed by atoms with Gasteiger partial charge in [0.05, 0.1) is 24.8 Å². The highest BCUT2D eigenvalue weighted by atomic mass is 19.4. The summed E-state index contributed by atoms with van der Waals surface area (Å²) < 4.78 is 88.2. The predicted octanol–water partition coefficient (Wildman–Crippen LogP) is 6.88. The van der Waals surface area contributed by atoms with E-state index in [1.807, 2.05) is 6.92 Å². The molecule has 2 aromatic carbocycles. The Labute approximate surface area is 258 Å². The number of ether oxygens (including phenoxy) is 1. The molecule has 3 aromatic rings. The Morgan fingerprint density at radius 2 is 1.62 bits per heavy atom. The maximum Gasteiger partial charge on any atom is 0.416 e. The number of aryl methyl sites for hydroxylation is 3. The maximum absolute atomic E-state index is 14.1. The Morgan fingerprint density at radius 1 is 0.933 bits per heavy atom. The second kappa shape index (κ2) is 14.1. The molecule has 45 heavy (non-hydrogen) atoms. The van der Waals surface area contributed by atoms with E-state index >= 15 is 0 Å². The first-order valence-electron chi connectivity index (χ1n) is 14.9. The van der Waals surface area contributed by atoms with Crippen LogP contribution in [0, 0.1) is 25.7 Å². The first-order chi connectivity index (χ1) is 21.2. The molecule has 1 fully saturated rings. The van der Waals surface area contributed by atoms with Crippen LogP contribution >= 0.6 is 0 Å². The van der Waals surface area contributed by atoms with Crippen molar-refractivity contribution >= 4 is 18.1 Å². The Balaban J connectivity index is 1.70. The van der Waals surface area contributed by atoms with Crippen molar-refractivity contribution in [1.29, 1.82) is 0 Å². The summed E-state index contributed by atoms with van der Waals surface area (Å²) in [5.41, 5.74) is 0.142. The second-order valence-electron chi connectivity index (χ2n) is 11.8. The van der Waals surface area contributed by atoms with Gasteiger partial charge in [-0.25, -0.2) is 0 Å². The molecule has 14 heteroatoms. The fraction of sp³-hybridized carbons (Fsp3) is 0.548. The molecule has 0 atom stereocenters. The van der Waals surface area contributed by atoms with E-state index in [2.05, 4.69) is 20.3 Å². The summed E-state index contributed by atoms with van der Waals surface area (Å²) in [5, 5.41) is 12.1. The number of halogens is 6. The third-order valence-corrected chi connectivity index (χ3v) is 8.28. The minimum absolute atomic E-state index is 0.0755. The molecule has 1 aliphatic rings. The first kappa shape index (κ1) is 34.0. The van der Waals surface area contributed by atoms with Crippen molar-refractivity contribution in [3.63, 3.8) is 0 Å². The molecule has 8 nitrogen and oxygen atoms in total. The summed E-state index contributed by atoms with van der Waals surface area (Å²) in [4.78, 5) is 15.4. The fourth-order valence-corrected chi connectivity index (χ4v) is 6.07. The number of alkyl halides is 6. The van der Waals surface area contributed by atoms with Gasteiger partial charge in [0, 0.05) is 31.9 Å². The van der Waals surface area contributed by atoms with Gasteiger partial charge in [-0.1, -0.05) is 16.7 Å². The highest BCUT2D eigenvalue weighted by Crippen LogP contribution is 2.38. The van der Waals surface area contributed by atoms with E-state index in [0.29, 0.717) is 54.5 Å². The van der Waals surface area contributed by atoms with Crippen molar-refractivity contribution < 1.29 is 35.9 Å². The normalized spacial score (nSPS) is 17.3. The largest absolute Gasteiger partial charge is 0.468 e. The van der Waals surface area contributed by atoms with E-state index in [4.69, 9.17) is 4.74 Å². The molecule has 1 aromatic heterocycles. The lowest BCUT2D eigenvalue weighted by Crippen LogP contribution is -2.34. The molecule has 246 valence electrons. The first-order valence-corrected chi connectivity index (χ1v) is 14.9. The number of aromatic nitrogens is 4. The summed E-state index contributed by atoms with van der Waals surface area (Å²) >= 11 is 0. The quantitative estimate of drug-likeness (QED) is 0.158. The van der Waals surface area contributed by atoms with E-state index < -0.39 is 23.5 Å². The van der Waals surface area contributed by atoms with Crippen LogP contribution in [0.3, 0.4) is 0 Å². The third kappa shape index (κ3) is 8.88. The molecule has 0 radical (unpaired) electrons. The zero-order valence-corrected chi connectivity index (χ0v) is 25.8. The number of tetrazole rings is 1. The van der Waals surface area contributed by atoms with Gasteiger partial charge in [0.25, 0.3) is 12.4 Å². The standard InChI is InChI=1S/C31H38F6N6O2/c1-5-42(15-22-6-8-23(9-7-22)18-45-19-44)28-12-21(3)27(31(35,36)37)14-25(28)17-43(29-38-40-41(4)39-29)16-24-10-20(2)11-26(13-24)30(32,33)34/h10-14,19,22-23H,5-9,15-18H2,1-4H3. The van der Waals surface area contributed by atoms with Crippen molar-refractivity contribution in [3.05, 3.63) is 63.7 Å². The maximum atomic E-state index is 14.1. The van der Waals surface area contributed by atoms with Crippen molar-refractivity contribution in [2.75, 3.05) is 29.5 Å². The zero-order chi connectivity index (χ0) is 32.9. The molecular formula is C31H38F6N6O2. The number of hydrogen-bond acceptors (Lipinski definition) is 7. The molecule has 0 spiro atoms. The number of rotatable bonds is 12. The number of hydrogen-bond donors (Lipinski definition) is 0. The molecule has 0 aliphatic heterocycles. The smallest absolute Gasteiger partial charge is 0.416 e. The van der Waals surface area contributed by atoms with Gasteiger partial charge < -0.3 is 14.5 Å². The Hall–Kier alpha value is -3.84. The van der Waals surface area contributed by atoms with Gasteiger partial charge in [0.2, 0.25) is 0 Å². The van der Waals surface area contributed by atoms with Gasteiger partial charge in [-0.2, -0.15) is 31.1 Å². The van der Waals surface area contributed by atoms with E-state index in [9.17, 15) is 31.1 Å². The lowest BCUT2D eigenvalue weighted by Gasteiger charge is -2.35. The number of carbonyl (C=O) groups excluding carboxylic acids is 1. The highest BCUT2D eigenvalue weighted by Gasteiger charge is 2.35. The minimum Gasteiger partial charge on any atom is -0.468 e. The summed E-state index contributed by atoms with van der Waals surface area (Å²) in [6.45, 7) is 6.70. The minimum atomic E-state index is -4.61. The van der Waals surface area contributed by atoms with Gasteiger partial charge in [-0.05, 0) is 104 Å². The van der Waals surface area contributed by atoms with Crippen LogP contribution < -0.4 is 9.80 Å². The lowest BCUT2D eigenvalue weighted by atomic mass is 9.82. The molecule has 1 heterocycles. The van der Waals surface area contributed by atoms with Crippen LogP contribution in [-0.2, 0) is 42.0 Å². The van der Waals surface area contributed by atoms with Crippen molar-refractivity contribution in [3.8, 4) is 0 Å². The highest BCUT2D eigenvalue weighted by molar-refractivity contribution is 5.59. The average molecular weight is 641 g/mol. The second-order valence-corrected chi connectivity index (χ2v) is 11.8.